The normalized spacial score (nSPS) is 17.4. The van der Waals surface area contributed by atoms with Crippen molar-refractivity contribution >= 4 is 18.1 Å². The number of nitrogens with zero attached hydrogens (tertiary/aromatic N) is 1. The number of phenolic OH excluding ortho intramolecular Hbond substituents is 1. The van der Waals surface area contributed by atoms with Gasteiger partial charge in [0.05, 0.1) is 13.0 Å². The number of carbonyl (C=O) groups is 3. The largest absolute Gasteiger partial charge is 0.526 e. The third-order valence-electron chi connectivity index (χ3n) is 6.89. The molecule has 0 saturated heterocycles. The molecule has 3 amide bonds. The average molecular weight is 532 g/mol. The highest BCUT2D eigenvalue weighted by molar-refractivity contribution is 5.83. The molecule has 2 N–H and O–H groups in total. The standard InChI is InChI=1S/C31H34N2O6/c1-31(2,3)39-30(37)33(17-16-23-14-15-26(34)18-25(23)20-33)29(36)32-19-27(28(35)38-4)24-12-10-22(11-13-24)21-8-6-5-7-9-21/h5-15,18,27H,16-17,19-20H2,1-4H3,(H-,32,34,36)/p+1. The van der Waals surface area contributed by atoms with Crippen molar-refractivity contribution in [2.75, 3.05) is 20.2 Å². The van der Waals surface area contributed by atoms with Crippen molar-refractivity contribution in [1.82, 2.24) is 5.32 Å². The molecule has 1 aliphatic heterocycles. The Morgan fingerprint density at radius 3 is 2.26 bits per heavy atom. The number of urea groups is 1. The smallest absolute Gasteiger partial charge is 0.508 e. The quantitative estimate of drug-likeness (QED) is 0.331. The van der Waals surface area contributed by atoms with Crippen LogP contribution in [0.25, 0.3) is 11.1 Å². The Kier molecular flexibility index (Phi) is 8.06. The van der Waals surface area contributed by atoms with Crippen LogP contribution in [0.4, 0.5) is 9.59 Å². The summed E-state index contributed by atoms with van der Waals surface area (Å²) in [5, 5.41) is 12.9. The summed E-state index contributed by atoms with van der Waals surface area (Å²) >= 11 is 0. The first kappa shape index (κ1) is 27.9. The number of esters is 1. The molecule has 0 radical (unpaired) electrons. The van der Waals surface area contributed by atoms with Gasteiger partial charge in [0.2, 0.25) is 0 Å². The number of aromatic hydroxyl groups is 1. The molecule has 4 rings (SSSR count). The second-order valence-corrected chi connectivity index (χ2v) is 10.8. The Morgan fingerprint density at radius 1 is 0.949 bits per heavy atom. The Bertz CT molecular complexity index is 1350. The number of ether oxygens (including phenoxy) is 2. The fourth-order valence-corrected chi connectivity index (χ4v) is 4.80. The molecule has 3 aromatic rings. The number of quaternary nitrogens is 1. The van der Waals surface area contributed by atoms with Gasteiger partial charge in [-0.1, -0.05) is 60.7 Å². The monoisotopic (exact) mass is 531 g/mol. The number of amides is 3. The molecule has 0 spiro atoms. The fraction of sp³-hybridized carbons (Fsp3) is 0.323. The molecule has 0 saturated carbocycles. The van der Waals surface area contributed by atoms with Crippen LogP contribution in [0, 0.1) is 0 Å². The number of methoxy groups -OCH3 is 1. The van der Waals surface area contributed by atoms with Gasteiger partial charge < -0.3 is 19.9 Å². The van der Waals surface area contributed by atoms with Crippen LogP contribution in [0.5, 0.6) is 5.75 Å². The molecule has 2 atom stereocenters. The zero-order chi connectivity index (χ0) is 28.2. The van der Waals surface area contributed by atoms with Gasteiger partial charge in [-0.15, -0.1) is 4.48 Å². The predicted octanol–water partition coefficient (Wildman–Crippen LogP) is 5.53. The first-order chi connectivity index (χ1) is 18.5. The highest BCUT2D eigenvalue weighted by Gasteiger charge is 2.50. The molecule has 0 bridgehead atoms. The van der Waals surface area contributed by atoms with Crippen molar-refractivity contribution in [2.45, 2.75) is 45.3 Å². The van der Waals surface area contributed by atoms with E-state index in [-0.39, 0.29) is 25.4 Å². The molecule has 2 unspecified atom stereocenters. The highest BCUT2D eigenvalue weighted by atomic mass is 16.6. The first-order valence-corrected chi connectivity index (χ1v) is 13.0. The second kappa shape index (κ2) is 11.3. The van der Waals surface area contributed by atoms with Crippen LogP contribution in [0.2, 0.25) is 0 Å². The summed E-state index contributed by atoms with van der Waals surface area (Å²) < 4.78 is 10.1. The van der Waals surface area contributed by atoms with Crippen LogP contribution >= 0.6 is 0 Å². The average Bonchev–Trinajstić information content (AvgIpc) is 2.92. The fourth-order valence-electron chi connectivity index (χ4n) is 4.80. The van der Waals surface area contributed by atoms with Crippen molar-refractivity contribution in [3.8, 4) is 16.9 Å². The third-order valence-corrected chi connectivity index (χ3v) is 6.89. The number of carbonyl (C=O) groups excluding carboxylic acids is 3. The number of benzene rings is 3. The zero-order valence-corrected chi connectivity index (χ0v) is 22.8. The van der Waals surface area contributed by atoms with E-state index in [0.717, 1.165) is 16.7 Å². The molecule has 39 heavy (non-hydrogen) atoms. The summed E-state index contributed by atoms with van der Waals surface area (Å²) in [6.07, 6.45) is -0.236. The van der Waals surface area contributed by atoms with Crippen LogP contribution in [-0.4, -0.2) is 53.5 Å². The molecular formula is C31H35N2O6+. The minimum atomic E-state index is -0.809. The van der Waals surface area contributed by atoms with E-state index in [1.165, 1.54) is 7.11 Å². The Hall–Kier alpha value is -4.17. The highest BCUT2D eigenvalue weighted by Crippen LogP contribution is 2.31. The van der Waals surface area contributed by atoms with Crippen molar-refractivity contribution in [2.24, 2.45) is 0 Å². The van der Waals surface area contributed by atoms with Gasteiger partial charge in [-0.05, 0) is 55.2 Å². The van der Waals surface area contributed by atoms with Gasteiger partial charge in [0.15, 0.2) is 0 Å². The number of hydrogen-bond donors (Lipinski definition) is 2. The second-order valence-electron chi connectivity index (χ2n) is 10.8. The lowest BCUT2D eigenvalue weighted by atomic mass is 9.96. The van der Waals surface area contributed by atoms with Crippen LogP contribution < -0.4 is 5.32 Å². The van der Waals surface area contributed by atoms with E-state index in [0.29, 0.717) is 17.5 Å². The van der Waals surface area contributed by atoms with Crippen LogP contribution in [0.1, 0.15) is 43.4 Å². The summed E-state index contributed by atoms with van der Waals surface area (Å²) in [7, 11) is 1.30. The summed E-state index contributed by atoms with van der Waals surface area (Å²) in [6.45, 7) is 5.39. The van der Waals surface area contributed by atoms with E-state index in [1.807, 2.05) is 54.6 Å². The summed E-state index contributed by atoms with van der Waals surface area (Å²) in [6, 6.07) is 21.8. The van der Waals surface area contributed by atoms with Crippen LogP contribution in [0.3, 0.4) is 0 Å². The minimum Gasteiger partial charge on any atom is -0.508 e. The number of imide groups is 1. The number of rotatable bonds is 5. The lowest BCUT2D eigenvalue weighted by Crippen LogP contribution is -2.63. The third kappa shape index (κ3) is 6.29. The maximum atomic E-state index is 13.8. The van der Waals surface area contributed by atoms with Crippen LogP contribution in [-0.2, 0) is 27.2 Å². The summed E-state index contributed by atoms with van der Waals surface area (Å²) in [5.41, 5.74) is 3.58. The maximum Gasteiger partial charge on any atom is 0.526 e. The molecule has 0 fully saturated rings. The number of phenols is 1. The van der Waals surface area contributed by atoms with E-state index >= 15 is 0 Å². The molecule has 204 valence electrons. The Balaban J connectivity index is 1.59. The summed E-state index contributed by atoms with van der Waals surface area (Å²) in [4.78, 5) is 40.0. The molecule has 3 aromatic carbocycles. The molecule has 0 aromatic heterocycles. The predicted molar refractivity (Wildman–Crippen MR) is 147 cm³/mol. The minimum absolute atomic E-state index is 0.0269. The first-order valence-electron chi connectivity index (χ1n) is 13.0. The Morgan fingerprint density at radius 2 is 1.62 bits per heavy atom. The van der Waals surface area contributed by atoms with Crippen molar-refractivity contribution in [3.05, 3.63) is 89.5 Å². The SMILES string of the molecule is COC(=O)C(CNC(=O)[N+]1(C(=O)OC(C)(C)C)CCc2ccc(O)cc2C1)c1ccc(-c2ccccc2)cc1. The molecule has 1 aliphatic rings. The van der Waals surface area contributed by atoms with E-state index < -0.39 is 34.1 Å². The topological polar surface area (TPSA) is 102 Å². The van der Waals surface area contributed by atoms with Crippen molar-refractivity contribution in [3.63, 3.8) is 0 Å². The zero-order valence-electron chi connectivity index (χ0n) is 22.8. The molecular weight excluding hydrogens is 496 g/mol. The lowest BCUT2D eigenvalue weighted by Gasteiger charge is -2.37. The van der Waals surface area contributed by atoms with E-state index in [1.54, 1.807) is 39.0 Å². The molecule has 8 nitrogen and oxygen atoms in total. The number of nitrogens with one attached hydrogen (secondary N) is 1. The van der Waals surface area contributed by atoms with Crippen molar-refractivity contribution in [1.29, 1.82) is 0 Å². The molecule has 0 aliphatic carbocycles. The molecule has 8 heteroatoms. The summed E-state index contributed by atoms with van der Waals surface area (Å²) in [5.74, 6) is -1.22. The van der Waals surface area contributed by atoms with E-state index in [9.17, 15) is 19.5 Å². The van der Waals surface area contributed by atoms with Gasteiger partial charge in [-0.3, -0.25) is 4.79 Å². The van der Waals surface area contributed by atoms with Crippen molar-refractivity contribution < 1.29 is 33.4 Å². The van der Waals surface area contributed by atoms with Crippen LogP contribution in [0.15, 0.2) is 72.8 Å². The van der Waals surface area contributed by atoms with E-state index in [2.05, 4.69) is 5.32 Å². The number of fused-ring (bicyclic) bond motifs is 1. The molecule has 1 heterocycles. The van der Waals surface area contributed by atoms with Gasteiger partial charge in [-0.2, -0.15) is 4.79 Å². The van der Waals surface area contributed by atoms with Gasteiger partial charge in [0.1, 0.15) is 24.4 Å². The van der Waals surface area contributed by atoms with E-state index in [4.69, 9.17) is 9.47 Å². The van der Waals surface area contributed by atoms with Gasteiger partial charge >= 0.3 is 18.1 Å². The van der Waals surface area contributed by atoms with Gasteiger partial charge in [0.25, 0.3) is 0 Å². The lowest BCUT2D eigenvalue weighted by molar-refractivity contribution is -0.795. The van der Waals surface area contributed by atoms with Gasteiger partial charge in [-0.25, -0.2) is 4.79 Å². The maximum absolute atomic E-state index is 13.8. The Labute approximate surface area is 228 Å². The van der Waals surface area contributed by atoms with Gasteiger partial charge in [0, 0.05) is 18.5 Å². The number of hydrogen-bond acceptors (Lipinski definition) is 6.